The van der Waals surface area contributed by atoms with Gasteiger partial charge in [-0.15, -0.1) is 0 Å². The highest BCUT2D eigenvalue weighted by molar-refractivity contribution is 14.1. The first-order valence-electron chi connectivity index (χ1n) is 25.8. The van der Waals surface area contributed by atoms with E-state index in [1.54, 1.807) is 0 Å². The van der Waals surface area contributed by atoms with Crippen LogP contribution < -0.4 is 37.9 Å². The third-order valence-corrected chi connectivity index (χ3v) is 18.9. The second-order valence-corrected chi connectivity index (χ2v) is 23.7. The number of unbranched alkanes of at least 4 members (excludes halogenated alkanes) is 12. The van der Waals surface area contributed by atoms with Crippen LogP contribution in [0.3, 0.4) is 0 Å². The van der Waals surface area contributed by atoms with Gasteiger partial charge in [-0.3, -0.25) is 0 Å². The molecule has 9 rings (SSSR count). The molecule has 4 aromatic carbocycles. The number of ether oxygens (including phenoxy) is 8. The van der Waals surface area contributed by atoms with Gasteiger partial charge in [-0.2, -0.15) is 0 Å². The Balaban J connectivity index is 1.41. The Bertz CT molecular complexity index is 1980. The lowest BCUT2D eigenvalue weighted by Crippen LogP contribution is -2.24. The maximum absolute atomic E-state index is 6.84. The Morgan fingerprint density at radius 3 is 0.632 bits per heavy atom. The molecule has 0 spiro atoms. The van der Waals surface area contributed by atoms with Crippen LogP contribution in [-0.4, -0.2) is 27.2 Å². The first-order chi connectivity index (χ1) is 33.3. The molecule has 4 aliphatic heterocycles. The predicted octanol–water partition coefficient (Wildman–Crippen LogP) is 17.7. The molecule has 0 atom stereocenters. The minimum atomic E-state index is 0.00235. The fourth-order valence-electron chi connectivity index (χ4n) is 11.5. The van der Waals surface area contributed by atoms with Crippen LogP contribution in [0.4, 0.5) is 0 Å². The van der Waals surface area contributed by atoms with Crippen LogP contribution in [-0.2, 0) is 0 Å². The molecule has 368 valence electrons. The van der Waals surface area contributed by atoms with Crippen molar-refractivity contribution in [3.63, 3.8) is 0 Å². The zero-order chi connectivity index (χ0) is 47.3. The molecule has 4 heterocycles. The summed E-state index contributed by atoms with van der Waals surface area (Å²) in [4.78, 5) is 0. The fraction of sp³-hybridized carbons (Fsp3) is 0.571. The average Bonchev–Trinajstić information content (AvgIpc) is 3.31. The molecule has 0 unspecified atom stereocenters. The van der Waals surface area contributed by atoms with Crippen molar-refractivity contribution in [2.45, 2.75) is 180 Å². The molecular formula is C56H68I4O8. The summed E-state index contributed by atoms with van der Waals surface area (Å²) in [6.07, 6.45) is 22.4. The van der Waals surface area contributed by atoms with E-state index in [9.17, 15) is 0 Å². The van der Waals surface area contributed by atoms with E-state index in [4.69, 9.17) is 37.9 Å². The van der Waals surface area contributed by atoms with Gasteiger partial charge in [0.25, 0.3) is 0 Å². The minimum Gasteiger partial charge on any atom is -0.456 e. The van der Waals surface area contributed by atoms with Gasteiger partial charge >= 0.3 is 0 Å². The van der Waals surface area contributed by atoms with Gasteiger partial charge in [-0.05, 0) is 140 Å². The summed E-state index contributed by atoms with van der Waals surface area (Å²) in [6, 6.07) is 9.97. The molecule has 8 nitrogen and oxygen atoms in total. The Morgan fingerprint density at radius 1 is 0.294 bits per heavy atom. The number of benzene rings is 4. The largest absolute Gasteiger partial charge is 0.456 e. The van der Waals surface area contributed by atoms with Gasteiger partial charge in [-0.1, -0.05) is 130 Å². The summed E-state index contributed by atoms with van der Waals surface area (Å²) in [7, 11) is 0. The second-order valence-electron chi connectivity index (χ2n) is 19.3. The number of rotatable bonds is 20. The molecule has 8 bridgehead atoms. The molecule has 0 fully saturated rings. The summed E-state index contributed by atoms with van der Waals surface area (Å²) < 4.78 is 58.7. The van der Waals surface area contributed by atoms with E-state index in [1.807, 2.05) is 0 Å². The van der Waals surface area contributed by atoms with Gasteiger partial charge in [0, 0.05) is 68.2 Å². The Labute approximate surface area is 459 Å². The van der Waals surface area contributed by atoms with Gasteiger partial charge in [0.15, 0.2) is 0 Å². The first kappa shape index (κ1) is 51.1. The van der Waals surface area contributed by atoms with Crippen LogP contribution in [0.1, 0.15) is 224 Å². The standard InChI is InChI=1S/C56H68I4O8/c1-5-9-13-17-21-33-37-25-39-34(22-18-14-10-6-2)41-27-43-36(24-20-16-12-8-4)44-28-42-35(23-19-15-11-7-3)40-26-38(33)50-46(58)52(40)64-31-66-54(42)48(60)56(44)68-32-67-55(43)47(59)53(41)65-30-63-51(39)45(57)49(37)61-29-62-50/h25-28,33-36H,5-24,29-32H2,1-4H3. The van der Waals surface area contributed by atoms with Crippen molar-refractivity contribution in [1.82, 2.24) is 0 Å². The number of halogens is 4. The van der Waals surface area contributed by atoms with Crippen molar-refractivity contribution < 1.29 is 37.9 Å². The lowest BCUT2D eigenvalue weighted by atomic mass is 9.76. The van der Waals surface area contributed by atoms with Crippen LogP contribution in [0.5, 0.6) is 46.0 Å². The quantitative estimate of drug-likeness (QED) is 0.0640. The molecule has 0 amide bonds. The van der Waals surface area contributed by atoms with Gasteiger partial charge in [0.2, 0.25) is 27.2 Å². The predicted molar refractivity (Wildman–Crippen MR) is 304 cm³/mol. The average molecular weight is 1380 g/mol. The Kier molecular flexibility index (Phi) is 17.9. The molecule has 0 aromatic heterocycles. The van der Waals surface area contributed by atoms with Crippen LogP contribution in [0.2, 0.25) is 0 Å². The molecule has 4 aromatic rings. The van der Waals surface area contributed by atoms with Gasteiger partial charge in [0.1, 0.15) is 46.0 Å². The van der Waals surface area contributed by atoms with E-state index in [0.717, 1.165) is 112 Å². The molecule has 0 N–H and O–H groups in total. The first-order valence-corrected chi connectivity index (χ1v) is 30.1. The summed E-state index contributed by atoms with van der Waals surface area (Å²) in [6.45, 7) is 9.45. The highest BCUT2D eigenvalue weighted by Crippen LogP contribution is 2.58. The topological polar surface area (TPSA) is 73.8 Å². The SMILES string of the molecule is CCCCCCC1c2cc3c4c(I)c2OCOc2c1cc1c(c2I)OCOc2c(cc5c(c2I)OCOc2c(cc(c(c2I)OCO4)C3CCCCCC)C5CCCCCC)C1CCCCCC. The zero-order valence-electron chi connectivity index (χ0n) is 40.4. The second kappa shape index (κ2) is 23.8. The highest BCUT2D eigenvalue weighted by atomic mass is 127. The number of hydrogen-bond acceptors (Lipinski definition) is 8. The van der Waals surface area contributed by atoms with E-state index in [-0.39, 0.29) is 50.8 Å². The van der Waals surface area contributed by atoms with Gasteiger partial charge < -0.3 is 37.9 Å². The van der Waals surface area contributed by atoms with Gasteiger partial charge in [0.05, 0.1) is 14.3 Å². The van der Waals surface area contributed by atoms with Crippen LogP contribution >= 0.6 is 90.4 Å². The molecule has 68 heavy (non-hydrogen) atoms. The van der Waals surface area contributed by atoms with Crippen LogP contribution in [0, 0.1) is 14.3 Å². The van der Waals surface area contributed by atoms with Crippen molar-refractivity contribution in [2.24, 2.45) is 0 Å². The minimum absolute atomic E-state index is 0.00235. The summed E-state index contributed by atoms with van der Waals surface area (Å²) in [5, 5.41) is 0. The Hall–Kier alpha value is -1.80. The van der Waals surface area contributed by atoms with Crippen molar-refractivity contribution in [3.05, 3.63) is 83.1 Å². The molecular weight excluding hydrogens is 1310 g/mol. The van der Waals surface area contributed by atoms with Crippen molar-refractivity contribution in [3.8, 4) is 46.0 Å². The molecule has 12 heteroatoms. The lowest BCUT2D eigenvalue weighted by Gasteiger charge is -2.36. The summed E-state index contributed by atoms with van der Waals surface area (Å²) in [5.41, 5.74) is 9.73. The van der Waals surface area contributed by atoms with Crippen molar-refractivity contribution in [2.75, 3.05) is 27.2 Å². The van der Waals surface area contributed by atoms with Crippen molar-refractivity contribution >= 4 is 90.4 Å². The summed E-state index contributed by atoms with van der Waals surface area (Å²) >= 11 is 10.0. The van der Waals surface area contributed by atoms with Crippen molar-refractivity contribution in [1.29, 1.82) is 0 Å². The third-order valence-electron chi connectivity index (χ3n) is 15.0. The van der Waals surface area contributed by atoms with E-state index in [2.05, 4.69) is 142 Å². The molecule has 0 radical (unpaired) electrons. The monoisotopic (exact) mass is 1380 g/mol. The normalized spacial score (nSPS) is 19.3. The Morgan fingerprint density at radius 2 is 0.471 bits per heavy atom. The maximum Gasteiger partial charge on any atom is 0.231 e. The zero-order valence-corrected chi connectivity index (χ0v) is 49.0. The van der Waals surface area contributed by atoms with Gasteiger partial charge in [-0.25, -0.2) is 0 Å². The van der Waals surface area contributed by atoms with Crippen LogP contribution in [0.25, 0.3) is 0 Å². The van der Waals surface area contributed by atoms with E-state index >= 15 is 0 Å². The molecule has 0 saturated heterocycles. The molecule has 1 aliphatic carbocycles. The van der Waals surface area contributed by atoms with E-state index < -0.39 is 0 Å². The number of hydrogen-bond donors (Lipinski definition) is 0. The summed E-state index contributed by atoms with van der Waals surface area (Å²) in [5.74, 6) is 6.86. The molecule has 0 saturated carbocycles. The fourth-order valence-corrected chi connectivity index (χ4v) is 15.2. The highest BCUT2D eigenvalue weighted by Gasteiger charge is 2.41. The van der Waals surface area contributed by atoms with E-state index in [1.165, 1.54) is 122 Å². The smallest absolute Gasteiger partial charge is 0.231 e. The maximum atomic E-state index is 6.84. The lowest BCUT2D eigenvalue weighted by molar-refractivity contribution is 0.0950. The van der Waals surface area contributed by atoms with E-state index in [0.29, 0.717) is 0 Å². The van der Waals surface area contributed by atoms with Crippen LogP contribution in [0.15, 0.2) is 24.3 Å². The third kappa shape index (κ3) is 10.2. The molecule has 5 aliphatic rings.